The molecule has 3 N–H and O–H groups in total. The molecule has 1 aromatic rings. The van der Waals surface area contributed by atoms with E-state index < -0.39 is 0 Å². The van der Waals surface area contributed by atoms with Gasteiger partial charge in [-0.25, -0.2) is 4.98 Å². The summed E-state index contributed by atoms with van der Waals surface area (Å²) in [7, 11) is 0. The number of nitrogens with two attached hydrogens (primary N) is 1. The topological polar surface area (TPSA) is 50.9 Å². The van der Waals surface area contributed by atoms with Gasteiger partial charge in [-0.15, -0.1) is 11.8 Å². The fourth-order valence-electron chi connectivity index (χ4n) is 1.16. The Balaban J connectivity index is 2.17. The lowest BCUT2D eigenvalue weighted by Gasteiger charge is -2.06. The molecule has 0 aliphatic carbocycles. The monoisotopic (exact) mass is 245 g/mol. The van der Waals surface area contributed by atoms with Crippen LogP contribution in [0.25, 0.3) is 0 Å². The summed E-state index contributed by atoms with van der Waals surface area (Å²) in [6.45, 7) is 7.43. The number of thioether (sulfide) groups is 1. The van der Waals surface area contributed by atoms with Gasteiger partial charge in [0.15, 0.2) is 5.13 Å². The maximum atomic E-state index is 5.63. The highest BCUT2D eigenvalue weighted by atomic mass is 32.2. The molecule has 0 aliphatic rings. The van der Waals surface area contributed by atoms with Crippen molar-refractivity contribution in [2.45, 2.75) is 37.4 Å². The molecule has 3 nitrogen and oxygen atoms in total. The Morgan fingerprint density at radius 1 is 1.53 bits per heavy atom. The highest BCUT2D eigenvalue weighted by molar-refractivity contribution is 8.01. The zero-order valence-electron chi connectivity index (χ0n) is 9.54. The van der Waals surface area contributed by atoms with Gasteiger partial charge < -0.3 is 11.1 Å². The number of nitrogens with zero attached hydrogens (tertiary/aromatic N) is 1. The van der Waals surface area contributed by atoms with Gasteiger partial charge in [-0.05, 0) is 19.9 Å². The first-order valence-electron chi connectivity index (χ1n) is 5.18. The van der Waals surface area contributed by atoms with Crippen LogP contribution in [0, 0.1) is 6.92 Å². The van der Waals surface area contributed by atoms with E-state index in [0.29, 0.717) is 11.2 Å². The second-order valence-corrected chi connectivity index (χ2v) is 6.13. The van der Waals surface area contributed by atoms with Gasteiger partial charge in [0.1, 0.15) is 0 Å². The normalized spacial score (nSPS) is 11.2. The van der Waals surface area contributed by atoms with E-state index in [2.05, 4.69) is 24.1 Å². The summed E-state index contributed by atoms with van der Waals surface area (Å²) in [6, 6.07) is 0.579. The Bertz CT molecular complexity index is 297. The van der Waals surface area contributed by atoms with Crippen LogP contribution in [-0.4, -0.2) is 23.3 Å². The van der Waals surface area contributed by atoms with Crippen molar-refractivity contribution in [1.29, 1.82) is 0 Å². The zero-order chi connectivity index (χ0) is 11.3. The number of aromatic nitrogens is 1. The number of aryl methyl sites for hydroxylation is 1. The first-order valence-corrected chi connectivity index (χ1v) is 6.99. The molecule has 1 aromatic heterocycles. The molecule has 86 valence electrons. The minimum Gasteiger partial charge on any atom is -0.375 e. The first kappa shape index (κ1) is 12.8. The van der Waals surface area contributed by atoms with Crippen LogP contribution in [0.5, 0.6) is 0 Å². The molecule has 0 atom stereocenters. The third kappa shape index (κ3) is 4.86. The zero-order valence-corrected chi connectivity index (χ0v) is 11.2. The van der Waals surface area contributed by atoms with Crippen LogP contribution in [0.1, 0.15) is 26.0 Å². The second-order valence-electron chi connectivity index (χ2n) is 3.74. The molecule has 0 aliphatic heterocycles. The second kappa shape index (κ2) is 6.35. The molecular formula is C10H19N3S2. The van der Waals surface area contributed by atoms with E-state index in [4.69, 9.17) is 5.73 Å². The molecule has 0 spiro atoms. The number of nitrogens with one attached hydrogen (secondary N) is 1. The molecule has 0 fully saturated rings. The molecule has 0 amide bonds. The molecule has 0 saturated heterocycles. The lowest BCUT2D eigenvalue weighted by atomic mass is 10.4. The summed E-state index contributed by atoms with van der Waals surface area (Å²) in [6.07, 6.45) is 1.18. The van der Waals surface area contributed by atoms with Gasteiger partial charge in [0.05, 0.1) is 9.90 Å². The summed E-state index contributed by atoms with van der Waals surface area (Å²) in [5, 5.41) is 4.08. The van der Waals surface area contributed by atoms with E-state index >= 15 is 0 Å². The summed E-state index contributed by atoms with van der Waals surface area (Å²) in [4.78, 5) is 4.20. The van der Waals surface area contributed by atoms with Crippen molar-refractivity contribution in [2.75, 3.05) is 18.0 Å². The summed E-state index contributed by atoms with van der Waals surface area (Å²) >= 11 is 3.44. The van der Waals surface area contributed by atoms with Crippen molar-refractivity contribution in [3.8, 4) is 0 Å². The Morgan fingerprint density at radius 3 is 2.80 bits per heavy atom. The molecule has 1 rings (SSSR count). The molecular weight excluding hydrogens is 226 g/mol. The summed E-state index contributed by atoms with van der Waals surface area (Å²) in [5.41, 5.74) is 6.70. The van der Waals surface area contributed by atoms with Crippen molar-refractivity contribution in [3.05, 3.63) is 5.69 Å². The van der Waals surface area contributed by atoms with Crippen LogP contribution in [0.4, 0.5) is 5.13 Å². The number of hydrogen-bond acceptors (Lipinski definition) is 5. The van der Waals surface area contributed by atoms with Crippen molar-refractivity contribution >= 4 is 28.2 Å². The van der Waals surface area contributed by atoms with Crippen molar-refractivity contribution < 1.29 is 0 Å². The van der Waals surface area contributed by atoms with Gasteiger partial charge in [-0.3, -0.25) is 0 Å². The Hall–Kier alpha value is -0.260. The van der Waals surface area contributed by atoms with Gasteiger partial charge in [0.25, 0.3) is 0 Å². The standard InChI is InChI=1S/C10H19N3S2/c1-7(2)12-5-4-6-14-9-8(3)13-10(11)15-9/h7,12H,4-6H2,1-3H3,(H2,11,13). The van der Waals surface area contributed by atoms with Gasteiger partial charge in [0.2, 0.25) is 0 Å². The molecule has 15 heavy (non-hydrogen) atoms. The highest BCUT2D eigenvalue weighted by Gasteiger charge is 2.05. The minimum atomic E-state index is 0.579. The molecule has 5 heteroatoms. The molecule has 0 saturated carbocycles. The number of thiazole rings is 1. The number of anilines is 1. The molecule has 0 unspecified atom stereocenters. The van der Waals surface area contributed by atoms with E-state index in [1.54, 1.807) is 11.3 Å². The van der Waals surface area contributed by atoms with Gasteiger partial charge in [-0.2, -0.15) is 0 Å². The van der Waals surface area contributed by atoms with E-state index in [9.17, 15) is 0 Å². The van der Waals surface area contributed by atoms with Crippen LogP contribution < -0.4 is 11.1 Å². The Labute approximate surface area is 99.9 Å². The van der Waals surface area contributed by atoms with Crippen LogP contribution in [0.3, 0.4) is 0 Å². The predicted molar refractivity (Wildman–Crippen MR) is 69.7 cm³/mol. The largest absolute Gasteiger partial charge is 0.375 e. The Morgan fingerprint density at radius 2 is 2.27 bits per heavy atom. The van der Waals surface area contributed by atoms with Crippen molar-refractivity contribution in [1.82, 2.24) is 10.3 Å². The van der Waals surface area contributed by atoms with Crippen LogP contribution >= 0.6 is 23.1 Å². The lowest BCUT2D eigenvalue weighted by molar-refractivity contribution is 0.586. The van der Waals surface area contributed by atoms with Gasteiger partial charge in [0, 0.05) is 11.8 Å². The Kier molecular flexibility index (Phi) is 5.42. The quantitative estimate of drug-likeness (QED) is 0.597. The lowest BCUT2D eigenvalue weighted by Crippen LogP contribution is -2.23. The summed E-state index contributed by atoms with van der Waals surface area (Å²) < 4.78 is 1.26. The SMILES string of the molecule is Cc1nc(N)sc1SCCCNC(C)C. The number of rotatable bonds is 6. The minimum absolute atomic E-state index is 0.579. The average molecular weight is 245 g/mol. The van der Waals surface area contributed by atoms with E-state index in [-0.39, 0.29) is 0 Å². The maximum absolute atomic E-state index is 5.63. The fourth-order valence-corrected chi connectivity index (χ4v) is 3.20. The van der Waals surface area contributed by atoms with Crippen LogP contribution in [0.2, 0.25) is 0 Å². The number of nitrogen functional groups attached to an aromatic ring is 1. The molecule has 0 radical (unpaired) electrons. The summed E-state index contributed by atoms with van der Waals surface area (Å²) in [5.74, 6) is 1.13. The fraction of sp³-hybridized carbons (Fsp3) is 0.700. The third-order valence-electron chi connectivity index (χ3n) is 1.88. The van der Waals surface area contributed by atoms with Crippen LogP contribution in [-0.2, 0) is 0 Å². The maximum Gasteiger partial charge on any atom is 0.181 e. The van der Waals surface area contributed by atoms with Crippen molar-refractivity contribution in [2.24, 2.45) is 0 Å². The first-order chi connectivity index (χ1) is 7.09. The van der Waals surface area contributed by atoms with E-state index in [1.165, 1.54) is 10.6 Å². The predicted octanol–water partition coefficient (Wildman–Crippen LogP) is 2.51. The molecule has 0 bridgehead atoms. The third-order valence-corrected chi connectivity index (χ3v) is 4.31. The van der Waals surface area contributed by atoms with E-state index in [0.717, 1.165) is 18.0 Å². The van der Waals surface area contributed by atoms with E-state index in [1.807, 2.05) is 18.7 Å². The highest BCUT2D eigenvalue weighted by Crippen LogP contribution is 2.30. The average Bonchev–Trinajstić information content (AvgIpc) is 2.44. The number of hydrogen-bond donors (Lipinski definition) is 2. The van der Waals surface area contributed by atoms with Crippen molar-refractivity contribution in [3.63, 3.8) is 0 Å². The van der Waals surface area contributed by atoms with Crippen LogP contribution in [0.15, 0.2) is 4.21 Å². The molecule has 1 heterocycles. The molecule has 0 aromatic carbocycles. The van der Waals surface area contributed by atoms with Gasteiger partial charge >= 0.3 is 0 Å². The smallest absolute Gasteiger partial charge is 0.181 e. The van der Waals surface area contributed by atoms with Gasteiger partial charge in [-0.1, -0.05) is 25.2 Å².